The van der Waals surface area contributed by atoms with Crippen LogP contribution >= 0.6 is 0 Å². The van der Waals surface area contributed by atoms with Crippen LogP contribution in [0.2, 0.25) is 0 Å². The van der Waals surface area contributed by atoms with Crippen molar-refractivity contribution in [3.8, 4) is 28.3 Å². The third-order valence-corrected chi connectivity index (χ3v) is 3.81. The molecular weight excluding hydrogens is 282 g/mol. The van der Waals surface area contributed by atoms with E-state index in [1.807, 2.05) is 37.3 Å². The first kappa shape index (κ1) is 15.3. The summed E-state index contributed by atoms with van der Waals surface area (Å²) in [6.07, 6.45) is 1.02. The molecule has 2 nitrogen and oxygen atoms in total. The second-order valence-corrected chi connectivity index (χ2v) is 5.43. The summed E-state index contributed by atoms with van der Waals surface area (Å²) in [6.45, 7) is 4.81. The highest BCUT2D eigenvalue weighted by Gasteiger charge is 2.08. The van der Waals surface area contributed by atoms with E-state index in [1.165, 1.54) is 5.56 Å². The van der Waals surface area contributed by atoms with Crippen molar-refractivity contribution in [2.24, 2.45) is 0 Å². The van der Waals surface area contributed by atoms with Crippen molar-refractivity contribution in [1.29, 1.82) is 0 Å². The molecule has 0 radical (unpaired) electrons. The summed E-state index contributed by atoms with van der Waals surface area (Å²) in [5.41, 5.74) is 5.43. The van der Waals surface area contributed by atoms with Crippen LogP contribution in [0.15, 0.2) is 66.7 Å². The molecule has 0 amide bonds. The molecule has 0 fully saturated rings. The van der Waals surface area contributed by atoms with E-state index in [1.54, 1.807) is 0 Å². The summed E-state index contributed by atoms with van der Waals surface area (Å²) in [7, 11) is 0. The van der Waals surface area contributed by atoms with Crippen LogP contribution in [0.25, 0.3) is 22.5 Å². The van der Waals surface area contributed by atoms with Gasteiger partial charge in [0.1, 0.15) is 5.75 Å². The van der Waals surface area contributed by atoms with Gasteiger partial charge in [-0.1, -0.05) is 55.5 Å². The molecule has 2 aromatic carbocycles. The zero-order chi connectivity index (χ0) is 16.1. The van der Waals surface area contributed by atoms with Gasteiger partial charge >= 0.3 is 0 Å². The fourth-order valence-electron chi connectivity index (χ4n) is 2.61. The molecule has 0 aliphatic heterocycles. The normalized spacial score (nSPS) is 10.5. The van der Waals surface area contributed by atoms with Crippen LogP contribution in [0.4, 0.5) is 0 Å². The Bertz CT molecular complexity index is 781. The molecule has 3 aromatic rings. The second kappa shape index (κ2) is 7.10. The molecular formula is C21H21NO. The molecule has 0 spiro atoms. The van der Waals surface area contributed by atoms with Gasteiger partial charge in [-0.15, -0.1) is 0 Å². The van der Waals surface area contributed by atoms with Crippen LogP contribution < -0.4 is 4.74 Å². The lowest BCUT2D eigenvalue weighted by molar-refractivity contribution is 0.340. The predicted octanol–water partition coefficient (Wildman–Crippen LogP) is 5.38. The Kier molecular flexibility index (Phi) is 4.72. The van der Waals surface area contributed by atoms with Gasteiger partial charge in [0.25, 0.3) is 0 Å². The highest BCUT2D eigenvalue weighted by molar-refractivity contribution is 5.68. The predicted molar refractivity (Wildman–Crippen MR) is 95.7 cm³/mol. The van der Waals surface area contributed by atoms with Crippen molar-refractivity contribution in [1.82, 2.24) is 4.98 Å². The molecule has 2 heteroatoms. The number of pyridine rings is 1. The Hall–Kier alpha value is -2.61. The van der Waals surface area contributed by atoms with Crippen molar-refractivity contribution in [3.63, 3.8) is 0 Å². The first-order valence-electron chi connectivity index (χ1n) is 8.09. The Morgan fingerprint density at radius 2 is 1.48 bits per heavy atom. The lowest BCUT2D eigenvalue weighted by Crippen LogP contribution is -1.96. The largest absolute Gasteiger partial charge is 0.494 e. The van der Waals surface area contributed by atoms with E-state index in [9.17, 15) is 0 Å². The number of nitrogens with zero attached hydrogens (tertiary/aromatic N) is 1. The molecule has 116 valence electrons. The highest BCUT2D eigenvalue weighted by atomic mass is 16.5. The Morgan fingerprint density at radius 3 is 2.17 bits per heavy atom. The molecule has 0 atom stereocenters. The van der Waals surface area contributed by atoms with Crippen molar-refractivity contribution in [3.05, 3.63) is 72.3 Å². The fraction of sp³-hybridized carbons (Fsp3) is 0.190. The third kappa shape index (κ3) is 3.59. The molecule has 0 saturated carbocycles. The van der Waals surface area contributed by atoms with E-state index in [0.29, 0.717) is 6.61 Å². The van der Waals surface area contributed by atoms with Gasteiger partial charge < -0.3 is 4.74 Å². The molecule has 3 rings (SSSR count). The lowest BCUT2D eigenvalue weighted by Gasteiger charge is -2.11. The van der Waals surface area contributed by atoms with E-state index in [4.69, 9.17) is 9.72 Å². The Balaban J connectivity index is 2.10. The van der Waals surface area contributed by atoms with Crippen molar-refractivity contribution >= 4 is 0 Å². The molecule has 23 heavy (non-hydrogen) atoms. The summed E-state index contributed by atoms with van der Waals surface area (Å²) < 4.78 is 5.75. The quantitative estimate of drug-likeness (QED) is 0.631. The summed E-state index contributed by atoms with van der Waals surface area (Å²) >= 11 is 0. The van der Waals surface area contributed by atoms with Crippen molar-refractivity contribution < 1.29 is 4.74 Å². The Morgan fingerprint density at radius 1 is 0.783 bits per heavy atom. The minimum atomic E-state index is 0.646. The smallest absolute Gasteiger partial charge is 0.123 e. The van der Waals surface area contributed by atoms with E-state index in [-0.39, 0.29) is 0 Å². The number of aryl methyl sites for hydroxylation is 1. The summed E-state index contributed by atoms with van der Waals surface area (Å²) in [6, 6.07) is 22.8. The molecule has 0 saturated heterocycles. The van der Waals surface area contributed by atoms with Gasteiger partial charge in [-0.05, 0) is 25.0 Å². The number of hydrogen-bond donors (Lipinski definition) is 0. The van der Waals surface area contributed by atoms with Gasteiger partial charge in [-0.25, -0.2) is 4.98 Å². The van der Waals surface area contributed by atoms with E-state index in [2.05, 4.69) is 43.3 Å². The van der Waals surface area contributed by atoms with Gasteiger partial charge in [0, 0.05) is 23.3 Å². The van der Waals surface area contributed by atoms with Crippen LogP contribution in [0, 0.1) is 0 Å². The van der Waals surface area contributed by atoms with E-state index < -0.39 is 0 Å². The van der Waals surface area contributed by atoms with Gasteiger partial charge in [0.15, 0.2) is 0 Å². The number of benzene rings is 2. The standard InChI is InChI=1S/C21H21NO/c1-3-16-9-8-12-18(13-16)21-15-19(23-4-2)14-20(22-21)17-10-6-5-7-11-17/h5-15H,3-4H2,1-2H3. The van der Waals surface area contributed by atoms with Gasteiger partial charge in [0.05, 0.1) is 18.0 Å². The maximum atomic E-state index is 5.75. The van der Waals surface area contributed by atoms with E-state index >= 15 is 0 Å². The van der Waals surface area contributed by atoms with Crippen molar-refractivity contribution in [2.75, 3.05) is 6.61 Å². The zero-order valence-corrected chi connectivity index (χ0v) is 13.6. The molecule has 0 N–H and O–H groups in total. The first-order valence-corrected chi connectivity index (χ1v) is 8.09. The van der Waals surface area contributed by atoms with Gasteiger partial charge in [-0.2, -0.15) is 0 Å². The fourth-order valence-corrected chi connectivity index (χ4v) is 2.61. The van der Waals surface area contributed by atoms with Crippen LogP contribution in [0.5, 0.6) is 5.75 Å². The van der Waals surface area contributed by atoms with Crippen molar-refractivity contribution in [2.45, 2.75) is 20.3 Å². The summed E-state index contributed by atoms with van der Waals surface area (Å²) in [5, 5.41) is 0. The van der Waals surface area contributed by atoms with Crippen LogP contribution in [-0.4, -0.2) is 11.6 Å². The molecule has 0 aliphatic carbocycles. The zero-order valence-electron chi connectivity index (χ0n) is 13.6. The number of ether oxygens (including phenoxy) is 1. The van der Waals surface area contributed by atoms with Gasteiger partial charge in [-0.3, -0.25) is 0 Å². The maximum absolute atomic E-state index is 5.75. The molecule has 1 heterocycles. The molecule has 1 aromatic heterocycles. The first-order chi connectivity index (χ1) is 11.3. The second-order valence-electron chi connectivity index (χ2n) is 5.43. The lowest BCUT2D eigenvalue weighted by atomic mass is 10.0. The topological polar surface area (TPSA) is 22.1 Å². The summed E-state index contributed by atoms with van der Waals surface area (Å²) in [4.78, 5) is 4.85. The van der Waals surface area contributed by atoms with Crippen LogP contribution in [-0.2, 0) is 6.42 Å². The summed E-state index contributed by atoms with van der Waals surface area (Å²) in [5.74, 6) is 0.859. The average Bonchev–Trinajstić information content (AvgIpc) is 2.62. The number of rotatable bonds is 5. The minimum absolute atomic E-state index is 0.646. The molecule has 0 aliphatic rings. The van der Waals surface area contributed by atoms with Gasteiger partial charge in [0.2, 0.25) is 0 Å². The molecule has 0 unspecified atom stereocenters. The third-order valence-electron chi connectivity index (χ3n) is 3.81. The minimum Gasteiger partial charge on any atom is -0.494 e. The highest BCUT2D eigenvalue weighted by Crippen LogP contribution is 2.28. The average molecular weight is 303 g/mol. The van der Waals surface area contributed by atoms with Crippen LogP contribution in [0.3, 0.4) is 0 Å². The maximum Gasteiger partial charge on any atom is 0.123 e. The number of hydrogen-bond acceptors (Lipinski definition) is 2. The van der Waals surface area contributed by atoms with Crippen LogP contribution in [0.1, 0.15) is 19.4 Å². The number of aromatic nitrogens is 1. The monoisotopic (exact) mass is 303 g/mol. The van der Waals surface area contributed by atoms with E-state index in [0.717, 1.165) is 34.7 Å². The molecule has 0 bridgehead atoms. The Labute approximate surface area is 137 Å². The SMILES string of the molecule is CCOc1cc(-c2ccccc2)nc(-c2cccc(CC)c2)c1.